The lowest BCUT2D eigenvalue weighted by Gasteiger charge is -2.16. The van der Waals surface area contributed by atoms with E-state index in [1.165, 1.54) is 0 Å². The number of methoxy groups -OCH3 is 1. The van der Waals surface area contributed by atoms with E-state index in [9.17, 15) is 9.90 Å². The predicted molar refractivity (Wildman–Crippen MR) is 123 cm³/mol. The maximum Gasteiger partial charge on any atom is 0.310 e. The van der Waals surface area contributed by atoms with Crippen molar-refractivity contribution in [2.45, 2.75) is 26.3 Å². The van der Waals surface area contributed by atoms with Gasteiger partial charge in [0.25, 0.3) is 0 Å². The van der Waals surface area contributed by atoms with Crippen LogP contribution in [0.5, 0.6) is 5.75 Å². The Morgan fingerprint density at radius 2 is 1.94 bits per heavy atom. The van der Waals surface area contributed by atoms with Crippen LogP contribution in [0.1, 0.15) is 23.1 Å². The smallest absolute Gasteiger partial charge is 0.310 e. The molecule has 1 heterocycles. The van der Waals surface area contributed by atoms with Gasteiger partial charge in [0.15, 0.2) is 0 Å². The molecule has 10 heteroatoms. The number of rotatable bonds is 9. The maximum atomic E-state index is 12.8. The molecule has 3 rings (SSSR count). The minimum atomic E-state index is -0.505. The number of aliphatic hydroxyl groups excluding tert-OH is 1. The minimum Gasteiger partial charge on any atom is -0.495 e. The first-order chi connectivity index (χ1) is 16.0. The SMILES string of the molecule is COc1cc(CCC#N)cc(C)c1Nc1nc(Nc2ccc(C#N)cc2)c(=O)n(CCO)n1. The molecule has 2 aromatic carbocycles. The molecule has 0 amide bonds. The number of benzene rings is 2. The molecule has 0 atom stereocenters. The largest absolute Gasteiger partial charge is 0.495 e. The normalized spacial score (nSPS) is 10.2. The fourth-order valence-electron chi connectivity index (χ4n) is 3.21. The van der Waals surface area contributed by atoms with E-state index in [0.29, 0.717) is 35.5 Å². The highest BCUT2D eigenvalue weighted by Gasteiger charge is 2.15. The van der Waals surface area contributed by atoms with Crippen LogP contribution in [0.15, 0.2) is 41.2 Å². The topological polar surface area (TPSA) is 149 Å². The summed E-state index contributed by atoms with van der Waals surface area (Å²) >= 11 is 0. The van der Waals surface area contributed by atoms with Crippen LogP contribution < -0.4 is 20.9 Å². The number of nitriles is 2. The van der Waals surface area contributed by atoms with Gasteiger partial charge in [0.1, 0.15) is 5.75 Å². The van der Waals surface area contributed by atoms with Crippen molar-refractivity contribution in [2.75, 3.05) is 24.4 Å². The lowest BCUT2D eigenvalue weighted by molar-refractivity contribution is 0.266. The zero-order valence-corrected chi connectivity index (χ0v) is 18.3. The molecule has 0 unspecified atom stereocenters. The van der Waals surface area contributed by atoms with Crippen LogP contribution in [0.4, 0.5) is 23.1 Å². The second kappa shape index (κ2) is 10.8. The molecule has 0 bridgehead atoms. The molecule has 0 spiro atoms. The first-order valence-electron chi connectivity index (χ1n) is 10.2. The van der Waals surface area contributed by atoms with Crippen molar-refractivity contribution in [1.82, 2.24) is 14.8 Å². The molecule has 0 saturated heterocycles. The number of hydrogen-bond acceptors (Lipinski definition) is 9. The molecule has 0 aliphatic carbocycles. The second-order valence-corrected chi connectivity index (χ2v) is 7.12. The monoisotopic (exact) mass is 445 g/mol. The molecule has 0 fully saturated rings. The van der Waals surface area contributed by atoms with E-state index in [2.05, 4.69) is 26.8 Å². The minimum absolute atomic E-state index is 0.00733. The van der Waals surface area contributed by atoms with Gasteiger partial charge < -0.3 is 20.5 Å². The van der Waals surface area contributed by atoms with Gasteiger partial charge in [-0.2, -0.15) is 15.5 Å². The van der Waals surface area contributed by atoms with Crippen molar-refractivity contribution >= 4 is 23.1 Å². The highest BCUT2D eigenvalue weighted by atomic mass is 16.5. The van der Waals surface area contributed by atoms with Crippen molar-refractivity contribution < 1.29 is 9.84 Å². The average molecular weight is 445 g/mol. The summed E-state index contributed by atoms with van der Waals surface area (Å²) in [4.78, 5) is 17.1. The van der Waals surface area contributed by atoms with Crippen molar-refractivity contribution in [3.05, 3.63) is 63.4 Å². The number of aryl methyl sites for hydroxylation is 2. The number of aliphatic hydroxyl groups is 1. The number of nitrogens with zero attached hydrogens (tertiary/aromatic N) is 5. The van der Waals surface area contributed by atoms with Crippen molar-refractivity contribution in [2.24, 2.45) is 0 Å². The standard InChI is InChI=1S/C23H23N7O3/c1-15-12-17(4-3-9-24)13-19(33-2)20(15)27-23-28-21(22(32)30(29-23)10-11-31)26-18-7-5-16(14-25)6-8-18/h5-8,12-13,31H,3-4,10-11H2,1-2H3,(H2,26,27,28,29). The highest BCUT2D eigenvalue weighted by molar-refractivity contribution is 5.68. The molecule has 3 aromatic rings. The Morgan fingerprint density at radius 3 is 2.58 bits per heavy atom. The predicted octanol–water partition coefficient (Wildman–Crippen LogP) is 2.76. The van der Waals surface area contributed by atoms with Crippen LogP contribution in [0.25, 0.3) is 0 Å². The zero-order valence-electron chi connectivity index (χ0n) is 18.3. The Kier molecular flexibility index (Phi) is 7.58. The lowest BCUT2D eigenvalue weighted by Crippen LogP contribution is -2.28. The van der Waals surface area contributed by atoms with E-state index in [1.807, 2.05) is 25.1 Å². The van der Waals surface area contributed by atoms with E-state index in [0.717, 1.165) is 15.8 Å². The summed E-state index contributed by atoms with van der Waals surface area (Å²) < 4.78 is 6.63. The van der Waals surface area contributed by atoms with Gasteiger partial charge in [-0.3, -0.25) is 4.79 Å². The zero-order chi connectivity index (χ0) is 23.8. The molecule has 33 heavy (non-hydrogen) atoms. The molecule has 0 radical (unpaired) electrons. The van der Waals surface area contributed by atoms with Crippen LogP contribution in [-0.4, -0.2) is 33.6 Å². The Hall–Kier alpha value is -4.41. The molecular weight excluding hydrogens is 422 g/mol. The molecular formula is C23H23N7O3. The molecule has 168 valence electrons. The van der Waals surface area contributed by atoms with E-state index < -0.39 is 5.56 Å². The number of aromatic nitrogens is 3. The van der Waals surface area contributed by atoms with Gasteiger partial charge in [-0.05, 0) is 54.8 Å². The Balaban J connectivity index is 1.98. The Labute approximate surface area is 190 Å². The molecule has 0 aliphatic rings. The van der Waals surface area contributed by atoms with Gasteiger partial charge in [-0.25, -0.2) is 4.68 Å². The van der Waals surface area contributed by atoms with Crippen molar-refractivity contribution in [3.63, 3.8) is 0 Å². The third-order valence-corrected chi connectivity index (χ3v) is 4.80. The third kappa shape index (κ3) is 5.64. The van der Waals surface area contributed by atoms with Gasteiger partial charge >= 0.3 is 5.56 Å². The van der Waals surface area contributed by atoms with E-state index in [1.54, 1.807) is 31.4 Å². The Morgan fingerprint density at radius 1 is 1.18 bits per heavy atom. The third-order valence-electron chi connectivity index (χ3n) is 4.80. The fourth-order valence-corrected chi connectivity index (χ4v) is 3.21. The van der Waals surface area contributed by atoms with Crippen LogP contribution >= 0.6 is 0 Å². The number of anilines is 4. The summed E-state index contributed by atoms with van der Waals surface area (Å²) in [5.74, 6) is 0.686. The first kappa shape index (κ1) is 23.3. The van der Waals surface area contributed by atoms with Gasteiger partial charge in [0.05, 0.1) is 43.7 Å². The highest BCUT2D eigenvalue weighted by Crippen LogP contribution is 2.32. The summed E-state index contributed by atoms with van der Waals surface area (Å²) in [5.41, 5.74) is 3.00. The fraction of sp³-hybridized carbons (Fsp3) is 0.261. The second-order valence-electron chi connectivity index (χ2n) is 7.12. The van der Waals surface area contributed by atoms with Crippen LogP contribution in [0.3, 0.4) is 0 Å². The molecule has 0 aliphatic heterocycles. The molecule has 3 N–H and O–H groups in total. The molecule has 1 aromatic heterocycles. The summed E-state index contributed by atoms with van der Waals surface area (Å²) in [6.07, 6.45) is 1.000. The maximum absolute atomic E-state index is 12.8. The lowest BCUT2D eigenvalue weighted by atomic mass is 10.0. The summed E-state index contributed by atoms with van der Waals surface area (Å²) in [6.45, 7) is 1.60. The van der Waals surface area contributed by atoms with E-state index in [-0.39, 0.29) is 24.9 Å². The van der Waals surface area contributed by atoms with Crippen LogP contribution in [-0.2, 0) is 13.0 Å². The van der Waals surface area contributed by atoms with Gasteiger partial charge in [-0.15, -0.1) is 5.10 Å². The van der Waals surface area contributed by atoms with Crippen LogP contribution in [0.2, 0.25) is 0 Å². The van der Waals surface area contributed by atoms with Gasteiger partial charge in [-0.1, -0.05) is 6.07 Å². The number of ether oxygens (including phenoxy) is 1. The number of nitrogens with one attached hydrogen (secondary N) is 2. The van der Waals surface area contributed by atoms with E-state index in [4.69, 9.17) is 15.3 Å². The number of hydrogen-bond donors (Lipinski definition) is 3. The molecule has 10 nitrogen and oxygen atoms in total. The quantitative estimate of drug-likeness (QED) is 0.452. The average Bonchev–Trinajstić information content (AvgIpc) is 2.82. The van der Waals surface area contributed by atoms with Crippen LogP contribution in [0, 0.1) is 29.6 Å². The van der Waals surface area contributed by atoms with E-state index >= 15 is 0 Å². The summed E-state index contributed by atoms with van der Waals surface area (Å²) in [5, 5.41) is 37.4. The van der Waals surface area contributed by atoms with Crippen molar-refractivity contribution in [3.8, 4) is 17.9 Å². The van der Waals surface area contributed by atoms with Crippen molar-refractivity contribution in [1.29, 1.82) is 10.5 Å². The summed E-state index contributed by atoms with van der Waals surface area (Å²) in [6, 6.07) is 14.5. The Bertz CT molecular complexity index is 1270. The molecule has 0 saturated carbocycles. The van der Waals surface area contributed by atoms with Gasteiger partial charge in [0, 0.05) is 12.1 Å². The summed E-state index contributed by atoms with van der Waals surface area (Å²) in [7, 11) is 1.54. The van der Waals surface area contributed by atoms with Gasteiger partial charge in [0.2, 0.25) is 11.8 Å². The first-order valence-corrected chi connectivity index (χ1v) is 10.2.